The van der Waals surface area contributed by atoms with Gasteiger partial charge in [-0.05, 0) is 44.5 Å². The van der Waals surface area contributed by atoms with Crippen molar-refractivity contribution in [2.75, 3.05) is 37.6 Å². The number of likely N-dealkylation sites (tertiary alicyclic amines) is 1. The van der Waals surface area contributed by atoms with Crippen LogP contribution in [0, 0.1) is 0 Å². The van der Waals surface area contributed by atoms with Gasteiger partial charge in [0.1, 0.15) is 12.3 Å². The molecule has 0 bridgehead atoms. The summed E-state index contributed by atoms with van der Waals surface area (Å²) in [4.78, 5) is 42.0. The first-order valence-corrected chi connectivity index (χ1v) is 9.73. The van der Waals surface area contributed by atoms with E-state index in [0.29, 0.717) is 18.8 Å². The van der Waals surface area contributed by atoms with E-state index in [1.807, 2.05) is 19.9 Å². The number of amides is 3. The van der Waals surface area contributed by atoms with Crippen molar-refractivity contribution < 1.29 is 18.8 Å². The highest BCUT2D eigenvalue weighted by molar-refractivity contribution is 8.18. The van der Waals surface area contributed by atoms with Gasteiger partial charge in [-0.3, -0.25) is 19.3 Å². The number of hydrogen-bond acceptors (Lipinski definition) is 6. The molecule has 2 aliphatic rings. The van der Waals surface area contributed by atoms with E-state index in [0.717, 1.165) is 48.5 Å². The summed E-state index contributed by atoms with van der Waals surface area (Å²) in [5.74, 6) is 0.633. The summed E-state index contributed by atoms with van der Waals surface area (Å²) in [6.45, 7) is 6.92. The second-order valence-electron chi connectivity index (χ2n) is 6.20. The number of nitrogens with zero attached hydrogens (tertiary/aromatic N) is 3. The summed E-state index contributed by atoms with van der Waals surface area (Å²) in [6, 6.07) is 3.62. The summed E-state index contributed by atoms with van der Waals surface area (Å²) >= 11 is 0.845. The third-order valence-corrected chi connectivity index (χ3v) is 5.49. The third kappa shape index (κ3) is 3.80. The van der Waals surface area contributed by atoms with Crippen LogP contribution in [0.3, 0.4) is 0 Å². The number of anilines is 1. The smallest absolute Gasteiger partial charge is 0.294 e. The lowest BCUT2D eigenvalue weighted by atomic mass is 10.3. The van der Waals surface area contributed by atoms with E-state index in [1.54, 1.807) is 17.0 Å². The fourth-order valence-corrected chi connectivity index (χ4v) is 3.91. The SMILES string of the molecule is CCN(CC)c1ccc(/C=C2\SC(=O)N(CC(=O)N3CCCC3)C2=O)o1. The van der Waals surface area contributed by atoms with Gasteiger partial charge in [0.15, 0.2) is 5.88 Å². The molecule has 0 N–H and O–H groups in total. The lowest BCUT2D eigenvalue weighted by Gasteiger charge is -2.18. The van der Waals surface area contributed by atoms with E-state index in [2.05, 4.69) is 4.90 Å². The van der Waals surface area contributed by atoms with Crippen molar-refractivity contribution in [3.63, 3.8) is 0 Å². The fourth-order valence-electron chi connectivity index (χ4n) is 3.09. The molecule has 0 spiro atoms. The number of carbonyl (C=O) groups excluding carboxylic acids is 3. The second-order valence-corrected chi connectivity index (χ2v) is 7.20. The Morgan fingerprint density at radius 3 is 2.58 bits per heavy atom. The zero-order chi connectivity index (χ0) is 18.7. The number of furan rings is 1. The van der Waals surface area contributed by atoms with Gasteiger partial charge in [0.25, 0.3) is 11.1 Å². The Hall–Kier alpha value is -2.22. The Balaban J connectivity index is 1.70. The van der Waals surface area contributed by atoms with Crippen molar-refractivity contribution in [3.05, 3.63) is 22.8 Å². The van der Waals surface area contributed by atoms with E-state index in [4.69, 9.17) is 4.42 Å². The van der Waals surface area contributed by atoms with E-state index in [9.17, 15) is 14.4 Å². The Morgan fingerprint density at radius 2 is 1.92 bits per heavy atom. The molecule has 140 valence electrons. The van der Waals surface area contributed by atoms with Gasteiger partial charge in [-0.15, -0.1) is 0 Å². The number of thioether (sulfide) groups is 1. The fraction of sp³-hybridized carbons (Fsp3) is 0.500. The van der Waals surface area contributed by atoms with Gasteiger partial charge in [-0.1, -0.05) is 0 Å². The molecule has 7 nitrogen and oxygen atoms in total. The van der Waals surface area contributed by atoms with Crippen LogP contribution in [-0.2, 0) is 9.59 Å². The van der Waals surface area contributed by atoms with Crippen LogP contribution >= 0.6 is 11.8 Å². The Morgan fingerprint density at radius 1 is 1.23 bits per heavy atom. The molecule has 0 radical (unpaired) electrons. The minimum absolute atomic E-state index is 0.173. The predicted molar refractivity (Wildman–Crippen MR) is 101 cm³/mol. The first-order chi connectivity index (χ1) is 12.5. The largest absolute Gasteiger partial charge is 0.441 e. The van der Waals surface area contributed by atoms with Crippen LogP contribution in [0.4, 0.5) is 10.7 Å². The van der Waals surface area contributed by atoms with Crippen LogP contribution in [0.5, 0.6) is 0 Å². The molecule has 2 aliphatic heterocycles. The van der Waals surface area contributed by atoms with Crippen LogP contribution in [0.15, 0.2) is 21.5 Å². The van der Waals surface area contributed by atoms with Crippen molar-refractivity contribution in [2.24, 2.45) is 0 Å². The third-order valence-electron chi connectivity index (χ3n) is 4.59. The van der Waals surface area contributed by atoms with Crippen molar-refractivity contribution in [3.8, 4) is 0 Å². The molecule has 0 atom stereocenters. The summed E-state index contributed by atoms with van der Waals surface area (Å²) < 4.78 is 5.75. The molecule has 0 unspecified atom stereocenters. The quantitative estimate of drug-likeness (QED) is 0.710. The molecule has 0 aliphatic carbocycles. The summed E-state index contributed by atoms with van der Waals surface area (Å²) in [6.07, 6.45) is 3.51. The molecular weight excluding hydrogens is 354 g/mol. The highest BCUT2D eigenvalue weighted by atomic mass is 32.2. The van der Waals surface area contributed by atoms with Gasteiger partial charge in [-0.25, -0.2) is 0 Å². The molecule has 1 aromatic rings. The van der Waals surface area contributed by atoms with Crippen LogP contribution in [0.25, 0.3) is 6.08 Å². The van der Waals surface area contributed by atoms with Gasteiger partial charge in [0.05, 0.1) is 4.91 Å². The van der Waals surface area contributed by atoms with Gasteiger partial charge in [-0.2, -0.15) is 0 Å². The Bertz CT molecular complexity index is 733. The first-order valence-electron chi connectivity index (χ1n) is 8.91. The molecule has 0 aromatic carbocycles. The highest BCUT2D eigenvalue weighted by Gasteiger charge is 2.37. The minimum atomic E-state index is -0.437. The number of rotatable bonds is 6. The highest BCUT2D eigenvalue weighted by Crippen LogP contribution is 2.33. The maximum absolute atomic E-state index is 12.5. The lowest BCUT2D eigenvalue weighted by Crippen LogP contribution is -2.40. The monoisotopic (exact) mass is 377 g/mol. The summed E-state index contributed by atoms with van der Waals surface area (Å²) in [7, 11) is 0. The van der Waals surface area contributed by atoms with Gasteiger partial charge in [0.2, 0.25) is 5.91 Å². The molecule has 1 aromatic heterocycles. The molecule has 3 heterocycles. The average molecular weight is 377 g/mol. The maximum Gasteiger partial charge on any atom is 0.294 e. The molecule has 2 saturated heterocycles. The van der Waals surface area contributed by atoms with E-state index in [-0.39, 0.29) is 17.4 Å². The lowest BCUT2D eigenvalue weighted by molar-refractivity contribution is -0.135. The number of carbonyl (C=O) groups is 3. The molecule has 3 amide bonds. The van der Waals surface area contributed by atoms with E-state index in [1.165, 1.54) is 0 Å². The molecule has 0 saturated carbocycles. The summed E-state index contributed by atoms with van der Waals surface area (Å²) in [5.41, 5.74) is 0. The average Bonchev–Trinajstić information content (AvgIpc) is 3.35. The van der Waals surface area contributed by atoms with Crippen molar-refractivity contribution in [1.29, 1.82) is 0 Å². The first kappa shape index (κ1) is 18.6. The van der Waals surface area contributed by atoms with Crippen LogP contribution in [0.1, 0.15) is 32.4 Å². The molecular formula is C18H23N3O4S. The van der Waals surface area contributed by atoms with Crippen LogP contribution < -0.4 is 4.90 Å². The van der Waals surface area contributed by atoms with Crippen molar-refractivity contribution in [2.45, 2.75) is 26.7 Å². The van der Waals surface area contributed by atoms with Gasteiger partial charge in [0, 0.05) is 38.3 Å². The van der Waals surface area contributed by atoms with Crippen LogP contribution in [0.2, 0.25) is 0 Å². The molecule has 2 fully saturated rings. The Labute approximate surface area is 157 Å². The second kappa shape index (κ2) is 7.99. The Kier molecular flexibility index (Phi) is 5.70. The maximum atomic E-state index is 12.5. The predicted octanol–water partition coefficient (Wildman–Crippen LogP) is 2.78. The molecule has 3 rings (SSSR count). The zero-order valence-corrected chi connectivity index (χ0v) is 15.9. The standard InChI is InChI=1S/C18H23N3O4S/c1-3-19(4-2)16-8-7-13(25-16)11-14-17(23)21(18(24)26-14)12-15(22)20-9-5-6-10-20/h7-8,11H,3-6,9-10,12H2,1-2H3/b14-11-. The number of imide groups is 1. The topological polar surface area (TPSA) is 74.1 Å². The van der Waals surface area contributed by atoms with E-state index >= 15 is 0 Å². The van der Waals surface area contributed by atoms with Crippen molar-refractivity contribution >= 4 is 40.8 Å². The molecule has 26 heavy (non-hydrogen) atoms. The number of hydrogen-bond donors (Lipinski definition) is 0. The minimum Gasteiger partial charge on any atom is -0.441 e. The zero-order valence-electron chi connectivity index (χ0n) is 15.1. The van der Waals surface area contributed by atoms with Crippen LogP contribution in [-0.4, -0.2) is 59.6 Å². The van der Waals surface area contributed by atoms with Crippen molar-refractivity contribution in [1.82, 2.24) is 9.80 Å². The van der Waals surface area contributed by atoms with E-state index < -0.39 is 11.1 Å². The van der Waals surface area contributed by atoms with Gasteiger partial charge >= 0.3 is 0 Å². The molecule has 8 heteroatoms. The van der Waals surface area contributed by atoms with Gasteiger partial charge < -0.3 is 14.2 Å². The normalized spacial score (nSPS) is 19.1. The summed E-state index contributed by atoms with van der Waals surface area (Å²) in [5, 5.41) is -0.413.